The highest BCUT2D eigenvalue weighted by Gasteiger charge is 2.12. The smallest absolute Gasteiger partial charge is 0.265 e. The number of aromatic nitrogens is 2. The van der Waals surface area contributed by atoms with E-state index in [4.69, 9.17) is 9.47 Å². The van der Waals surface area contributed by atoms with E-state index in [0.29, 0.717) is 22.9 Å². The lowest BCUT2D eigenvalue weighted by molar-refractivity contribution is 0.355. The van der Waals surface area contributed by atoms with Gasteiger partial charge in [-0.1, -0.05) is 0 Å². The van der Waals surface area contributed by atoms with E-state index in [2.05, 4.69) is 5.10 Å². The first-order valence-electron chi connectivity index (χ1n) is 6.93. The summed E-state index contributed by atoms with van der Waals surface area (Å²) in [7, 11) is 3.11. The van der Waals surface area contributed by atoms with Gasteiger partial charge >= 0.3 is 0 Å². The molecule has 0 amide bonds. The summed E-state index contributed by atoms with van der Waals surface area (Å²) >= 11 is 0. The van der Waals surface area contributed by atoms with Crippen molar-refractivity contribution >= 4 is 0 Å². The number of H-pyrrole nitrogens is 1. The van der Waals surface area contributed by atoms with Gasteiger partial charge in [0.15, 0.2) is 11.5 Å². The highest BCUT2D eigenvalue weighted by molar-refractivity contribution is 5.66. The Balaban J connectivity index is 2.14. The van der Waals surface area contributed by atoms with Gasteiger partial charge in [-0.15, -0.1) is 0 Å². The first-order valence-corrected chi connectivity index (χ1v) is 6.93. The maximum atomic E-state index is 13.1. The van der Waals surface area contributed by atoms with Crippen LogP contribution in [0.5, 0.6) is 11.5 Å². The largest absolute Gasteiger partial charge is 0.493 e. The number of benzene rings is 2. The molecule has 118 valence electrons. The molecule has 1 aromatic heterocycles. The summed E-state index contributed by atoms with van der Waals surface area (Å²) in [5.74, 6) is 0.822. The van der Waals surface area contributed by atoms with Crippen LogP contribution in [-0.2, 0) is 0 Å². The minimum absolute atomic E-state index is 0.251. The number of nitrogens with one attached hydrogen (secondary N) is 1. The highest BCUT2D eigenvalue weighted by Crippen LogP contribution is 2.32. The number of aromatic amines is 1. The van der Waals surface area contributed by atoms with Crippen LogP contribution >= 0.6 is 0 Å². The molecule has 1 N–H and O–H groups in total. The fourth-order valence-corrected chi connectivity index (χ4v) is 2.39. The van der Waals surface area contributed by atoms with E-state index >= 15 is 0 Å². The molecule has 0 spiro atoms. The average Bonchev–Trinajstić information content (AvgIpc) is 2.96. The second kappa shape index (κ2) is 6.00. The number of rotatable bonds is 4. The van der Waals surface area contributed by atoms with Crippen molar-refractivity contribution in [1.82, 2.24) is 9.78 Å². The third-order valence-corrected chi connectivity index (χ3v) is 3.49. The minimum Gasteiger partial charge on any atom is -0.493 e. The Bertz CT molecular complexity index is 882. The van der Waals surface area contributed by atoms with Crippen molar-refractivity contribution in [1.29, 1.82) is 0 Å². The summed E-state index contributed by atoms with van der Waals surface area (Å²) < 4.78 is 25.2. The Morgan fingerprint density at radius 3 is 2.30 bits per heavy atom. The summed E-state index contributed by atoms with van der Waals surface area (Å²) in [4.78, 5) is 11.8. The first kappa shape index (κ1) is 14.9. The Kier molecular flexibility index (Phi) is 3.89. The number of halogens is 1. The lowest BCUT2D eigenvalue weighted by atomic mass is 10.1. The molecule has 3 rings (SSSR count). The van der Waals surface area contributed by atoms with Crippen molar-refractivity contribution in [2.75, 3.05) is 14.2 Å². The molecule has 5 nitrogen and oxygen atoms in total. The predicted octanol–water partition coefficient (Wildman–Crippen LogP) is 2.99. The Labute approximate surface area is 131 Å². The summed E-state index contributed by atoms with van der Waals surface area (Å²) in [5, 5.41) is 2.71. The minimum atomic E-state index is -0.337. The van der Waals surface area contributed by atoms with Crippen LogP contribution in [0.4, 0.5) is 4.39 Å². The summed E-state index contributed by atoms with van der Waals surface area (Å²) in [6.07, 6.45) is 0. The molecule has 0 aliphatic heterocycles. The fourth-order valence-electron chi connectivity index (χ4n) is 2.39. The van der Waals surface area contributed by atoms with Crippen molar-refractivity contribution < 1.29 is 13.9 Å². The number of ether oxygens (including phenoxy) is 2. The molecule has 0 saturated carbocycles. The maximum Gasteiger partial charge on any atom is 0.265 e. The SMILES string of the molecule is COc1ccc(-c2cc(=O)[nH]n2-c2ccc(F)cc2)cc1OC. The van der Waals surface area contributed by atoms with Gasteiger partial charge in [-0.3, -0.25) is 14.6 Å². The topological polar surface area (TPSA) is 56.2 Å². The normalized spacial score (nSPS) is 10.6. The average molecular weight is 314 g/mol. The second-order valence-electron chi connectivity index (χ2n) is 4.89. The van der Waals surface area contributed by atoms with Crippen LogP contribution in [0.3, 0.4) is 0 Å². The third-order valence-electron chi connectivity index (χ3n) is 3.49. The molecule has 0 atom stereocenters. The molecule has 0 radical (unpaired) electrons. The van der Waals surface area contributed by atoms with Gasteiger partial charge in [0.2, 0.25) is 0 Å². The molecular formula is C17H15FN2O3. The molecule has 0 saturated heterocycles. The third kappa shape index (κ3) is 2.83. The van der Waals surface area contributed by atoms with Gasteiger partial charge in [0, 0.05) is 11.6 Å². The van der Waals surface area contributed by atoms with Gasteiger partial charge in [-0.05, 0) is 42.5 Å². The highest BCUT2D eigenvalue weighted by atomic mass is 19.1. The summed E-state index contributed by atoms with van der Waals surface area (Å²) in [6.45, 7) is 0. The number of hydrogen-bond donors (Lipinski definition) is 1. The van der Waals surface area contributed by atoms with Crippen LogP contribution in [0.2, 0.25) is 0 Å². The van der Waals surface area contributed by atoms with E-state index in [1.807, 2.05) is 6.07 Å². The van der Waals surface area contributed by atoms with Gasteiger partial charge in [-0.2, -0.15) is 0 Å². The Hall–Kier alpha value is -3.02. The van der Waals surface area contributed by atoms with Crippen LogP contribution < -0.4 is 15.0 Å². The van der Waals surface area contributed by atoms with Crippen molar-refractivity contribution in [2.45, 2.75) is 0 Å². The summed E-state index contributed by atoms with van der Waals surface area (Å²) in [5.41, 5.74) is 1.81. The predicted molar refractivity (Wildman–Crippen MR) is 84.9 cm³/mol. The Morgan fingerprint density at radius 1 is 0.957 bits per heavy atom. The van der Waals surface area contributed by atoms with Crippen LogP contribution in [0.1, 0.15) is 0 Å². The van der Waals surface area contributed by atoms with E-state index in [0.717, 1.165) is 5.56 Å². The van der Waals surface area contributed by atoms with Crippen molar-refractivity contribution in [2.24, 2.45) is 0 Å². The molecule has 2 aromatic carbocycles. The molecular weight excluding hydrogens is 299 g/mol. The molecule has 0 aliphatic rings. The van der Waals surface area contributed by atoms with Crippen molar-refractivity contribution in [3.05, 3.63) is 64.7 Å². The van der Waals surface area contributed by atoms with Crippen molar-refractivity contribution in [3.63, 3.8) is 0 Å². The van der Waals surface area contributed by atoms with E-state index in [1.54, 1.807) is 43.2 Å². The monoisotopic (exact) mass is 314 g/mol. The standard InChI is InChI=1S/C17H15FN2O3/c1-22-15-8-3-11(9-16(15)23-2)14-10-17(21)19-20(14)13-6-4-12(18)5-7-13/h3-10H,1-2H3,(H,19,21). The molecule has 0 aliphatic carbocycles. The molecule has 1 heterocycles. The molecule has 6 heteroatoms. The Morgan fingerprint density at radius 2 is 1.65 bits per heavy atom. The number of hydrogen-bond acceptors (Lipinski definition) is 3. The molecule has 0 unspecified atom stereocenters. The van der Waals surface area contributed by atoms with E-state index < -0.39 is 0 Å². The molecule has 0 bridgehead atoms. The van der Waals surface area contributed by atoms with E-state index in [9.17, 15) is 9.18 Å². The zero-order valence-corrected chi connectivity index (χ0v) is 12.7. The fraction of sp³-hybridized carbons (Fsp3) is 0.118. The van der Waals surface area contributed by atoms with E-state index in [1.165, 1.54) is 18.2 Å². The first-order chi connectivity index (χ1) is 11.1. The van der Waals surface area contributed by atoms with E-state index in [-0.39, 0.29) is 11.4 Å². The molecule has 3 aromatic rings. The second-order valence-corrected chi connectivity index (χ2v) is 4.89. The summed E-state index contributed by atoms with van der Waals surface area (Å²) in [6, 6.07) is 12.7. The molecule has 23 heavy (non-hydrogen) atoms. The van der Waals surface area contributed by atoms with Crippen molar-refractivity contribution in [3.8, 4) is 28.4 Å². The van der Waals surface area contributed by atoms with Crippen LogP contribution in [0, 0.1) is 5.82 Å². The van der Waals surface area contributed by atoms with Gasteiger partial charge in [0.25, 0.3) is 5.56 Å². The lowest BCUT2D eigenvalue weighted by Gasteiger charge is -2.12. The maximum absolute atomic E-state index is 13.1. The van der Waals surface area contributed by atoms with Gasteiger partial charge < -0.3 is 9.47 Å². The van der Waals surface area contributed by atoms with Gasteiger partial charge in [0.1, 0.15) is 5.82 Å². The number of nitrogens with zero attached hydrogens (tertiary/aromatic N) is 1. The van der Waals surface area contributed by atoms with Crippen LogP contribution in [0.15, 0.2) is 53.3 Å². The van der Waals surface area contributed by atoms with Gasteiger partial charge in [0.05, 0.1) is 25.6 Å². The van der Waals surface area contributed by atoms with Crippen LogP contribution in [0.25, 0.3) is 16.9 Å². The number of methoxy groups -OCH3 is 2. The lowest BCUT2D eigenvalue weighted by Crippen LogP contribution is -2.04. The van der Waals surface area contributed by atoms with Gasteiger partial charge in [-0.25, -0.2) is 4.39 Å². The van der Waals surface area contributed by atoms with Crippen LogP contribution in [-0.4, -0.2) is 24.0 Å². The quantitative estimate of drug-likeness (QED) is 0.805. The molecule has 0 fully saturated rings. The zero-order valence-electron chi connectivity index (χ0n) is 12.7. The zero-order chi connectivity index (χ0) is 16.4.